The molecule has 23 heavy (non-hydrogen) atoms. The number of H-pyrrole nitrogens is 2. The van der Waals surface area contributed by atoms with E-state index in [0.29, 0.717) is 29.1 Å². The third-order valence-electron chi connectivity index (χ3n) is 4.32. The molecule has 1 atom stereocenters. The van der Waals surface area contributed by atoms with E-state index in [2.05, 4.69) is 19.9 Å². The maximum atomic E-state index is 13.3. The molecule has 0 aliphatic carbocycles. The SMILES string of the molecule is Cc1[nH]cnc1C(=O)N1CCCC1c1nc2ccc(F)cc2[nH]1. The zero-order valence-electron chi connectivity index (χ0n) is 12.6. The van der Waals surface area contributed by atoms with E-state index in [9.17, 15) is 9.18 Å². The first kappa shape index (κ1) is 13.9. The number of carbonyl (C=O) groups excluding carboxylic acids is 1. The van der Waals surface area contributed by atoms with Crippen molar-refractivity contribution < 1.29 is 9.18 Å². The standard InChI is InChI=1S/C16H16FN5O/c1-9-14(19-8-18-9)16(23)22-6-2-3-13(22)15-20-11-5-4-10(17)7-12(11)21-15/h4-5,7-8,13H,2-3,6H2,1H3,(H,18,19)(H,20,21). The Bertz CT molecular complexity index is 884. The van der Waals surface area contributed by atoms with Gasteiger partial charge in [-0.1, -0.05) is 0 Å². The van der Waals surface area contributed by atoms with E-state index in [4.69, 9.17) is 0 Å². The number of nitrogens with zero attached hydrogens (tertiary/aromatic N) is 3. The Labute approximate surface area is 131 Å². The average molecular weight is 313 g/mol. The number of nitrogens with one attached hydrogen (secondary N) is 2. The van der Waals surface area contributed by atoms with Crippen LogP contribution >= 0.6 is 0 Å². The van der Waals surface area contributed by atoms with Gasteiger partial charge in [0.15, 0.2) is 0 Å². The normalized spacial score (nSPS) is 18.0. The molecule has 2 N–H and O–H groups in total. The molecule has 1 saturated heterocycles. The van der Waals surface area contributed by atoms with Crippen LogP contribution in [-0.4, -0.2) is 37.3 Å². The molecule has 1 aliphatic heterocycles. The van der Waals surface area contributed by atoms with Crippen molar-refractivity contribution in [3.05, 3.63) is 47.6 Å². The summed E-state index contributed by atoms with van der Waals surface area (Å²) in [6.07, 6.45) is 3.26. The molecule has 1 unspecified atom stereocenters. The maximum absolute atomic E-state index is 13.3. The Kier molecular flexibility index (Phi) is 3.14. The van der Waals surface area contributed by atoms with E-state index in [1.165, 1.54) is 18.5 Å². The molecule has 0 saturated carbocycles. The minimum Gasteiger partial charge on any atom is -0.348 e. The van der Waals surface area contributed by atoms with Gasteiger partial charge in [-0.2, -0.15) is 0 Å². The fraction of sp³-hybridized carbons (Fsp3) is 0.312. The fourth-order valence-corrected chi connectivity index (χ4v) is 3.16. The van der Waals surface area contributed by atoms with Crippen LogP contribution in [0.4, 0.5) is 4.39 Å². The second kappa shape index (κ2) is 5.19. The lowest BCUT2D eigenvalue weighted by Crippen LogP contribution is -2.31. The Morgan fingerprint density at radius 1 is 1.43 bits per heavy atom. The highest BCUT2D eigenvalue weighted by atomic mass is 19.1. The van der Waals surface area contributed by atoms with E-state index in [-0.39, 0.29) is 17.8 Å². The average Bonchev–Trinajstić information content (AvgIpc) is 3.23. The number of amides is 1. The van der Waals surface area contributed by atoms with Gasteiger partial charge in [0.25, 0.3) is 5.91 Å². The Morgan fingerprint density at radius 3 is 3.09 bits per heavy atom. The van der Waals surface area contributed by atoms with Crippen molar-refractivity contribution in [3.8, 4) is 0 Å². The third-order valence-corrected chi connectivity index (χ3v) is 4.32. The van der Waals surface area contributed by atoms with Crippen LogP contribution in [0.1, 0.15) is 40.9 Å². The number of halogens is 1. The molecule has 1 fully saturated rings. The highest BCUT2D eigenvalue weighted by Crippen LogP contribution is 2.32. The summed E-state index contributed by atoms with van der Waals surface area (Å²) in [6.45, 7) is 2.50. The van der Waals surface area contributed by atoms with Gasteiger partial charge >= 0.3 is 0 Å². The number of aryl methyl sites for hydroxylation is 1. The molecule has 0 spiro atoms. The smallest absolute Gasteiger partial charge is 0.274 e. The monoisotopic (exact) mass is 313 g/mol. The molecule has 2 aromatic heterocycles. The number of likely N-dealkylation sites (tertiary alicyclic amines) is 1. The number of hydrogen-bond donors (Lipinski definition) is 2. The predicted octanol–water partition coefficient (Wildman–Crippen LogP) is 2.71. The first-order chi connectivity index (χ1) is 11.1. The molecule has 118 valence electrons. The van der Waals surface area contributed by atoms with Gasteiger partial charge in [0, 0.05) is 12.2 Å². The van der Waals surface area contributed by atoms with E-state index in [1.807, 2.05) is 6.92 Å². The first-order valence-corrected chi connectivity index (χ1v) is 7.59. The molecule has 0 bridgehead atoms. The van der Waals surface area contributed by atoms with Crippen molar-refractivity contribution in [1.29, 1.82) is 0 Å². The lowest BCUT2D eigenvalue weighted by atomic mass is 10.2. The van der Waals surface area contributed by atoms with Crippen molar-refractivity contribution in [2.45, 2.75) is 25.8 Å². The van der Waals surface area contributed by atoms with Gasteiger partial charge in [0.1, 0.15) is 17.3 Å². The summed E-state index contributed by atoms with van der Waals surface area (Å²) in [7, 11) is 0. The van der Waals surface area contributed by atoms with Gasteiger partial charge in [-0.25, -0.2) is 14.4 Å². The zero-order valence-corrected chi connectivity index (χ0v) is 12.6. The Hall–Kier alpha value is -2.70. The molecule has 1 amide bonds. The van der Waals surface area contributed by atoms with E-state index < -0.39 is 0 Å². The summed E-state index contributed by atoms with van der Waals surface area (Å²) >= 11 is 0. The maximum Gasteiger partial charge on any atom is 0.274 e. The van der Waals surface area contributed by atoms with Crippen LogP contribution < -0.4 is 0 Å². The summed E-state index contributed by atoms with van der Waals surface area (Å²) in [5.41, 5.74) is 2.55. The summed E-state index contributed by atoms with van der Waals surface area (Å²) in [6, 6.07) is 4.32. The number of rotatable bonds is 2. The molecule has 7 heteroatoms. The number of aromatic nitrogens is 4. The molecule has 0 radical (unpaired) electrons. The van der Waals surface area contributed by atoms with Crippen molar-refractivity contribution in [1.82, 2.24) is 24.8 Å². The predicted molar refractivity (Wildman–Crippen MR) is 82.4 cm³/mol. The molecular weight excluding hydrogens is 297 g/mol. The number of imidazole rings is 2. The zero-order chi connectivity index (χ0) is 16.0. The van der Waals surface area contributed by atoms with Crippen LogP contribution in [0, 0.1) is 12.7 Å². The van der Waals surface area contributed by atoms with Crippen LogP contribution in [0.5, 0.6) is 0 Å². The number of aromatic amines is 2. The molecule has 3 aromatic rings. The fourth-order valence-electron chi connectivity index (χ4n) is 3.16. The van der Waals surface area contributed by atoms with Crippen molar-refractivity contribution in [2.75, 3.05) is 6.54 Å². The highest BCUT2D eigenvalue weighted by molar-refractivity contribution is 5.93. The largest absolute Gasteiger partial charge is 0.348 e. The van der Waals surface area contributed by atoms with Gasteiger partial charge in [-0.15, -0.1) is 0 Å². The van der Waals surface area contributed by atoms with Crippen molar-refractivity contribution in [3.63, 3.8) is 0 Å². The molecule has 3 heterocycles. The van der Waals surface area contributed by atoms with Gasteiger partial charge in [0.2, 0.25) is 0 Å². The van der Waals surface area contributed by atoms with Crippen LogP contribution in [0.2, 0.25) is 0 Å². The minimum absolute atomic E-state index is 0.0992. The molecule has 4 rings (SSSR count). The molecular formula is C16H16FN5O. The van der Waals surface area contributed by atoms with E-state index >= 15 is 0 Å². The topological polar surface area (TPSA) is 77.7 Å². The van der Waals surface area contributed by atoms with Crippen LogP contribution in [0.25, 0.3) is 11.0 Å². The number of benzene rings is 1. The minimum atomic E-state index is -0.306. The Balaban J connectivity index is 1.69. The van der Waals surface area contributed by atoms with Crippen molar-refractivity contribution in [2.24, 2.45) is 0 Å². The van der Waals surface area contributed by atoms with Crippen LogP contribution in [-0.2, 0) is 0 Å². The van der Waals surface area contributed by atoms with Gasteiger partial charge in [0.05, 0.1) is 23.4 Å². The molecule has 1 aromatic carbocycles. The van der Waals surface area contributed by atoms with Gasteiger partial charge < -0.3 is 14.9 Å². The Morgan fingerprint density at radius 2 is 2.30 bits per heavy atom. The lowest BCUT2D eigenvalue weighted by molar-refractivity contribution is 0.0724. The van der Waals surface area contributed by atoms with Crippen LogP contribution in [0.15, 0.2) is 24.5 Å². The number of fused-ring (bicyclic) bond motifs is 1. The highest BCUT2D eigenvalue weighted by Gasteiger charge is 2.34. The quantitative estimate of drug-likeness (QED) is 0.763. The number of carbonyl (C=O) groups is 1. The molecule has 1 aliphatic rings. The van der Waals surface area contributed by atoms with Gasteiger partial charge in [-0.3, -0.25) is 4.79 Å². The lowest BCUT2D eigenvalue weighted by Gasteiger charge is -2.22. The number of hydrogen-bond acceptors (Lipinski definition) is 3. The second-order valence-corrected chi connectivity index (χ2v) is 5.82. The molecule has 6 nitrogen and oxygen atoms in total. The van der Waals surface area contributed by atoms with Crippen molar-refractivity contribution >= 4 is 16.9 Å². The summed E-state index contributed by atoms with van der Waals surface area (Å²) in [5.74, 6) is 0.293. The third kappa shape index (κ3) is 2.28. The van der Waals surface area contributed by atoms with E-state index in [1.54, 1.807) is 11.0 Å². The summed E-state index contributed by atoms with van der Waals surface area (Å²) in [4.78, 5) is 29.2. The summed E-state index contributed by atoms with van der Waals surface area (Å²) in [5, 5.41) is 0. The first-order valence-electron chi connectivity index (χ1n) is 7.59. The van der Waals surface area contributed by atoms with Crippen LogP contribution in [0.3, 0.4) is 0 Å². The van der Waals surface area contributed by atoms with Gasteiger partial charge in [-0.05, 0) is 38.0 Å². The second-order valence-electron chi connectivity index (χ2n) is 5.82. The van der Waals surface area contributed by atoms with E-state index in [0.717, 1.165) is 18.5 Å². The summed E-state index contributed by atoms with van der Waals surface area (Å²) < 4.78 is 13.3.